The van der Waals surface area contributed by atoms with Gasteiger partial charge in [0.2, 0.25) is 0 Å². The molecule has 5 fully saturated rings. The molecule has 0 aromatic carbocycles. The molecule has 0 aromatic rings. The van der Waals surface area contributed by atoms with Crippen molar-refractivity contribution in [1.29, 1.82) is 0 Å². The SMILES string of the molecule is C=C(C)[C@@H]1CC[C@]2(COC(C)=O)CC[C@]3(C)[C@H](CC[C@@H]4[C@@]5(C)CC[C@@H](N)C(C)(C)[C@@H]5CC[C@]43C)[C@@H]12. The molecule has 3 nitrogen and oxygen atoms in total. The summed E-state index contributed by atoms with van der Waals surface area (Å²) in [6.45, 7) is 21.9. The molecule has 5 aliphatic carbocycles. The molecule has 2 N–H and O–H groups in total. The van der Waals surface area contributed by atoms with Crippen LogP contribution >= 0.6 is 0 Å². The van der Waals surface area contributed by atoms with Gasteiger partial charge >= 0.3 is 5.97 Å². The van der Waals surface area contributed by atoms with E-state index in [9.17, 15) is 4.79 Å². The van der Waals surface area contributed by atoms with Gasteiger partial charge in [0, 0.05) is 18.4 Å². The number of allylic oxidation sites excluding steroid dienone is 1. The molecule has 0 heterocycles. The Balaban J connectivity index is 1.53. The summed E-state index contributed by atoms with van der Waals surface area (Å²) in [5, 5.41) is 0. The van der Waals surface area contributed by atoms with Gasteiger partial charge < -0.3 is 10.5 Å². The summed E-state index contributed by atoms with van der Waals surface area (Å²) < 4.78 is 5.80. The number of rotatable bonds is 3. The van der Waals surface area contributed by atoms with Gasteiger partial charge in [0.15, 0.2) is 0 Å². The van der Waals surface area contributed by atoms with E-state index in [1.807, 2.05) is 0 Å². The molecule has 0 aromatic heterocycles. The van der Waals surface area contributed by atoms with Gasteiger partial charge in [-0.2, -0.15) is 0 Å². The quantitative estimate of drug-likeness (QED) is 0.333. The molecule has 0 bridgehead atoms. The van der Waals surface area contributed by atoms with Crippen molar-refractivity contribution >= 4 is 5.97 Å². The van der Waals surface area contributed by atoms with E-state index in [0.717, 1.165) is 11.8 Å². The molecule has 0 amide bonds. The largest absolute Gasteiger partial charge is 0.465 e. The maximum Gasteiger partial charge on any atom is 0.302 e. The Morgan fingerprint density at radius 1 is 0.857 bits per heavy atom. The van der Waals surface area contributed by atoms with E-state index in [0.29, 0.717) is 46.6 Å². The van der Waals surface area contributed by atoms with Crippen molar-refractivity contribution in [2.45, 2.75) is 119 Å². The summed E-state index contributed by atoms with van der Waals surface area (Å²) in [6.07, 6.45) is 12.8. The number of hydrogen-bond acceptors (Lipinski definition) is 3. The lowest BCUT2D eigenvalue weighted by molar-refractivity contribution is -0.241. The van der Waals surface area contributed by atoms with Crippen molar-refractivity contribution in [3.05, 3.63) is 12.2 Å². The first-order valence-corrected chi connectivity index (χ1v) is 14.8. The average molecular weight is 484 g/mol. The number of nitrogens with two attached hydrogens (primary N) is 1. The van der Waals surface area contributed by atoms with Gasteiger partial charge in [-0.3, -0.25) is 4.79 Å². The van der Waals surface area contributed by atoms with Crippen LogP contribution in [0, 0.1) is 56.7 Å². The van der Waals surface area contributed by atoms with Gasteiger partial charge in [0.25, 0.3) is 0 Å². The second-order valence-electron chi connectivity index (χ2n) is 15.3. The molecule has 0 saturated heterocycles. The van der Waals surface area contributed by atoms with E-state index >= 15 is 0 Å². The zero-order valence-corrected chi connectivity index (χ0v) is 23.8. The molecule has 0 radical (unpaired) electrons. The van der Waals surface area contributed by atoms with Gasteiger partial charge in [-0.05, 0) is 122 Å². The standard InChI is InChI=1S/C32H53NO2/c1-20(2)22-11-16-32(19-35-21(3)34)18-17-30(7)23(27(22)32)9-10-25-29(6)14-13-26(33)28(4,5)24(29)12-15-31(25,30)8/h22-27H,1,9-19,33H2,2-8H3/t22-,23+,24-,25+,26+,27+,29-,30+,31+,32+/m0/s1. The number of fused-ring (bicyclic) bond motifs is 7. The molecule has 198 valence electrons. The van der Waals surface area contributed by atoms with Crippen LogP contribution in [0.25, 0.3) is 0 Å². The zero-order valence-electron chi connectivity index (χ0n) is 23.8. The lowest BCUT2D eigenvalue weighted by atomic mass is 9.32. The Bertz CT molecular complexity index is 894. The van der Waals surface area contributed by atoms with Crippen molar-refractivity contribution in [3.8, 4) is 0 Å². The first kappa shape index (κ1) is 25.8. The lowest BCUT2D eigenvalue weighted by Gasteiger charge is -2.73. The molecule has 0 spiro atoms. The summed E-state index contributed by atoms with van der Waals surface area (Å²) in [6, 6.07) is 0.336. The van der Waals surface area contributed by atoms with Gasteiger partial charge in [0.1, 0.15) is 0 Å². The van der Waals surface area contributed by atoms with Crippen LogP contribution in [0.1, 0.15) is 113 Å². The van der Waals surface area contributed by atoms with Crippen LogP contribution in [0.5, 0.6) is 0 Å². The Morgan fingerprint density at radius 3 is 2.23 bits per heavy atom. The van der Waals surface area contributed by atoms with Crippen LogP contribution in [0.15, 0.2) is 12.2 Å². The maximum atomic E-state index is 11.9. The molecule has 0 aliphatic heterocycles. The number of carbonyl (C=O) groups is 1. The Hall–Kier alpha value is -0.830. The van der Waals surface area contributed by atoms with Crippen LogP contribution in [-0.4, -0.2) is 18.6 Å². The predicted molar refractivity (Wildman–Crippen MR) is 144 cm³/mol. The highest BCUT2D eigenvalue weighted by molar-refractivity contribution is 5.65. The van der Waals surface area contributed by atoms with E-state index in [-0.39, 0.29) is 16.8 Å². The molecule has 5 saturated carbocycles. The number of hydrogen-bond donors (Lipinski definition) is 1. The molecule has 35 heavy (non-hydrogen) atoms. The zero-order chi connectivity index (χ0) is 25.6. The van der Waals surface area contributed by atoms with Crippen molar-refractivity contribution in [2.24, 2.45) is 62.4 Å². The first-order chi connectivity index (χ1) is 16.2. The normalized spacial score (nSPS) is 52.5. The molecule has 5 rings (SSSR count). The molecule has 3 heteroatoms. The summed E-state index contributed by atoms with van der Waals surface area (Å²) in [5.41, 5.74) is 9.59. The van der Waals surface area contributed by atoms with Gasteiger partial charge in [-0.25, -0.2) is 0 Å². The third kappa shape index (κ3) is 3.34. The Morgan fingerprint density at radius 2 is 1.57 bits per heavy atom. The first-order valence-electron chi connectivity index (χ1n) is 14.8. The topological polar surface area (TPSA) is 52.3 Å². The smallest absolute Gasteiger partial charge is 0.302 e. The third-order valence-electron chi connectivity index (χ3n) is 13.9. The second kappa shape index (κ2) is 8.08. The maximum absolute atomic E-state index is 11.9. The van der Waals surface area contributed by atoms with E-state index in [2.05, 4.69) is 48.1 Å². The van der Waals surface area contributed by atoms with Gasteiger partial charge in [-0.1, -0.05) is 46.8 Å². The minimum Gasteiger partial charge on any atom is -0.465 e. The van der Waals surface area contributed by atoms with E-state index in [4.69, 9.17) is 10.5 Å². The van der Waals surface area contributed by atoms with Crippen LogP contribution < -0.4 is 5.73 Å². The van der Waals surface area contributed by atoms with E-state index in [1.165, 1.54) is 69.8 Å². The predicted octanol–water partition coefficient (Wildman–Crippen LogP) is 7.53. The second-order valence-corrected chi connectivity index (χ2v) is 15.3. The minimum atomic E-state index is -0.120. The van der Waals surface area contributed by atoms with Crippen LogP contribution in [-0.2, 0) is 9.53 Å². The summed E-state index contributed by atoms with van der Waals surface area (Å²) in [5.74, 6) is 3.29. The molecule has 0 unspecified atom stereocenters. The van der Waals surface area contributed by atoms with Crippen molar-refractivity contribution in [3.63, 3.8) is 0 Å². The lowest BCUT2D eigenvalue weighted by Crippen LogP contribution is -2.67. The molecular formula is C32H53NO2. The molecular weight excluding hydrogens is 430 g/mol. The van der Waals surface area contributed by atoms with Gasteiger partial charge in [0.05, 0.1) is 6.61 Å². The van der Waals surface area contributed by atoms with Gasteiger partial charge in [-0.15, -0.1) is 0 Å². The monoisotopic (exact) mass is 483 g/mol. The average Bonchev–Trinajstić information content (AvgIpc) is 3.16. The number of esters is 1. The van der Waals surface area contributed by atoms with Crippen molar-refractivity contribution < 1.29 is 9.53 Å². The summed E-state index contributed by atoms with van der Waals surface area (Å²) in [7, 11) is 0. The Kier molecular flexibility index (Phi) is 5.96. The summed E-state index contributed by atoms with van der Waals surface area (Å²) in [4.78, 5) is 11.9. The van der Waals surface area contributed by atoms with Crippen molar-refractivity contribution in [1.82, 2.24) is 0 Å². The highest BCUT2D eigenvalue weighted by Gasteiger charge is 2.70. The van der Waals surface area contributed by atoms with E-state index < -0.39 is 0 Å². The fourth-order valence-corrected chi connectivity index (χ4v) is 11.8. The molecule has 10 atom stereocenters. The number of ether oxygens (including phenoxy) is 1. The molecule has 5 aliphatic rings. The third-order valence-corrected chi connectivity index (χ3v) is 13.9. The number of carbonyl (C=O) groups excluding carboxylic acids is 1. The minimum absolute atomic E-state index is 0.120. The highest BCUT2D eigenvalue weighted by Crippen LogP contribution is 2.77. The van der Waals surface area contributed by atoms with Crippen LogP contribution in [0.3, 0.4) is 0 Å². The highest BCUT2D eigenvalue weighted by atomic mass is 16.5. The van der Waals surface area contributed by atoms with Crippen molar-refractivity contribution in [2.75, 3.05) is 6.61 Å². The van der Waals surface area contributed by atoms with Crippen LogP contribution in [0.4, 0.5) is 0 Å². The Labute approximate surface area is 215 Å². The van der Waals surface area contributed by atoms with E-state index in [1.54, 1.807) is 6.92 Å². The fourth-order valence-electron chi connectivity index (χ4n) is 11.8. The van der Waals surface area contributed by atoms with Crippen LogP contribution in [0.2, 0.25) is 0 Å². The summed E-state index contributed by atoms with van der Waals surface area (Å²) >= 11 is 0. The fraction of sp³-hybridized carbons (Fsp3) is 0.906.